The third-order valence-corrected chi connectivity index (χ3v) is 5.48. The van der Waals surface area contributed by atoms with E-state index in [1.807, 2.05) is 35.2 Å². The van der Waals surface area contributed by atoms with E-state index in [1.54, 1.807) is 36.2 Å². The van der Waals surface area contributed by atoms with Gasteiger partial charge in [-0.1, -0.05) is 24.3 Å². The predicted octanol–water partition coefficient (Wildman–Crippen LogP) is 2.68. The summed E-state index contributed by atoms with van der Waals surface area (Å²) in [6.07, 6.45) is 0. The highest BCUT2D eigenvalue weighted by atomic mass is 35.5. The van der Waals surface area contributed by atoms with Crippen molar-refractivity contribution in [1.82, 2.24) is 10.2 Å². The minimum atomic E-state index is -0.117. The van der Waals surface area contributed by atoms with Crippen LogP contribution >= 0.6 is 12.4 Å². The maximum Gasteiger partial charge on any atom is 0.258 e. The van der Waals surface area contributed by atoms with Crippen molar-refractivity contribution in [3.05, 3.63) is 65.7 Å². The highest BCUT2D eigenvalue weighted by Crippen LogP contribution is 2.27. The van der Waals surface area contributed by atoms with Crippen molar-refractivity contribution in [3.63, 3.8) is 0 Å². The molecule has 2 atom stereocenters. The molecule has 2 aliphatic heterocycles. The summed E-state index contributed by atoms with van der Waals surface area (Å²) in [6.45, 7) is 3.60. The van der Waals surface area contributed by atoms with E-state index in [9.17, 15) is 9.59 Å². The molecule has 142 valence electrons. The zero-order valence-corrected chi connectivity index (χ0v) is 16.1. The van der Waals surface area contributed by atoms with Gasteiger partial charge < -0.3 is 15.1 Å². The third-order valence-electron chi connectivity index (χ3n) is 5.48. The molecule has 2 fully saturated rings. The quantitative estimate of drug-likeness (QED) is 0.883. The summed E-state index contributed by atoms with van der Waals surface area (Å²) in [5, 5.41) is 3.39. The summed E-state index contributed by atoms with van der Waals surface area (Å²) in [6, 6.07) is 16.6. The summed E-state index contributed by atoms with van der Waals surface area (Å²) in [4.78, 5) is 29.2. The summed E-state index contributed by atoms with van der Waals surface area (Å²) in [5.74, 6) is 1.03. The Bertz CT molecular complexity index is 815. The molecule has 1 N–H and O–H groups in total. The van der Waals surface area contributed by atoms with Crippen LogP contribution in [-0.4, -0.2) is 49.9 Å². The van der Waals surface area contributed by atoms with Crippen molar-refractivity contribution >= 4 is 29.9 Å². The van der Waals surface area contributed by atoms with Gasteiger partial charge in [-0.2, -0.15) is 0 Å². The zero-order valence-electron chi connectivity index (χ0n) is 15.3. The molecule has 2 aromatic carbocycles. The van der Waals surface area contributed by atoms with Gasteiger partial charge in [0, 0.05) is 50.0 Å². The van der Waals surface area contributed by atoms with Crippen LogP contribution in [0.2, 0.25) is 0 Å². The molecule has 27 heavy (non-hydrogen) atoms. The van der Waals surface area contributed by atoms with Crippen molar-refractivity contribution < 1.29 is 9.59 Å². The molecule has 0 spiro atoms. The molecule has 5 nitrogen and oxygen atoms in total. The number of likely N-dealkylation sites (tertiary alicyclic amines) is 1. The van der Waals surface area contributed by atoms with Gasteiger partial charge in [-0.25, -0.2) is 0 Å². The summed E-state index contributed by atoms with van der Waals surface area (Å²) >= 11 is 0. The van der Waals surface area contributed by atoms with Gasteiger partial charge in [0.15, 0.2) is 0 Å². The number of nitrogens with zero attached hydrogens (tertiary/aromatic N) is 2. The molecule has 6 heteroatoms. The van der Waals surface area contributed by atoms with Crippen LogP contribution in [0.3, 0.4) is 0 Å². The molecule has 2 heterocycles. The van der Waals surface area contributed by atoms with Crippen molar-refractivity contribution in [2.24, 2.45) is 11.8 Å². The molecule has 4 rings (SSSR count). The molecule has 0 radical (unpaired) electrons. The lowest BCUT2D eigenvalue weighted by atomic mass is 10.0. The standard InChI is InChI=1S/C21H23N3O2.ClH/c1-23(19-8-3-2-4-9-19)20(25)15-6-5-7-16(10-15)21(26)24-13-17-11-22-12-18(17)14-24;/h2-10,17-18,22H,11-14H2,1H3;1H/t17-,18+;. The molecule has 2 saturated heterocycles. The predicted molar refractivity (Wildman–Crippen MR) is 109 cm³/mol. The molecule has 0 aliphatic carbocycles. The fourth-order valence-corrected chi connectivity index (χ4v) is 3.95. The van der Waals surface area contributed by atoms with Crippen LogP contribution in [0, 0.1) is 11.8 Å². The van der Waals surface area contributed by atoms with E-state index in [4.69, 9.17) is 0 Å². The first-order chi connectivity index (χ1) is 12.6. The van der Waals surface area contributed by atoms with Crippen LogP contribution in [0.25, 0.3) is 0 Å². The van der Waals surface area contributed by atoms with Gasteiger partial charge in [-0.15, -0.1) is 12.4 Å². The average molecular weight is 386 g/mol. The van der Waals surface area contributed by atoms with E-state index in [0.29, 0.717) is 23.0 Å². The molecular formula is C21H24ClN3O2. The normalized spacial score (nSPS) is 20.7. The van der Waals surface area contributed by atoms with Crippen LogP contribution in [0.4, 0.5) is 5.69 Å². The van der Waals surface area contributed by atoms with E-state index >= 15 is 0 Å². The first kappa shape index (κ1) is 19.4. The summed E-state index contributed by atoms with van der Waals surface area (Å²) in [5.41, 5.74) is 1.95. The minimum absolute atomic E-state index is 0. The van der Waals surface area contributed by atoms with Gasteiger partial charge in [0.1, 0.15) is 0 Å². The van der Waals surface area contributed by atoms with E-state index in [-0.39, 0.29) is 24.2 Å². The van der Waals surface area contributed by atoms with Gasteiger partial charge in [-0.3, -0.25) is 9.59 Å². The molecule has 0 bridgehead atoms. The molecule has 0 saturated carbocycles. The first-order valence-corrected chi connectivity index (χ1v) is 9.06. The number of halogens is 1. The number of carbonyl (C=O) groups is 2. The number of nitrogens with one attached hydrogen (secondary N) is 1. The Hall–Kier alpha value is -2.37. The van der Waals surface area contributed by atoms with Crippen LogP contribution in [-0.2, 0) is 0 Å². The molecule has 0 aromatic heterocycles. The highest BCUT2D eigenvalue weighted by molar-refractivity contribution is 6.07. The second-order valence-electron chi connectivity index (χ2n) is 7.17. The third kappa shape index (κ3) is 3.84. The van der Waals surface area contributed by atoms with Gasteiger partial charge in [-0.05, 0) is 42.2 Å². The number of anilines is 1. The van der Waals surface area contributed by atoms with Crippen molar-refractivity contribution in [2.75, 3.05) is 38.1 Å². The molecule has 2 amide bonds. The fourth-order valence-electron chi connectivity index (χ4n) is 3.95. The Morgan fingerprint density at radius 3 is 2.26 bits per heavy atom. The Labute approximate surface area is 165 Å². The number of para-hydroxylation sites is 1. The number of rotatable bonds is 3. The van der Waals surface area contributed by atoms with E-state index < -0.39 is 0 Å². The van der Waals surface area contributed by atoms with Crippen molar-refractivity contribution in [3.8, 4) is 0 Å². The van der Waals surface area contributed by atoms with E-state index in [0.717, 1.165) is 31.9 Å². The lowest BCUT2D eigenvalue weighted by Gasteiger charge is -2.19. The van der Waals surface area contributed by atoms with Gasteiger partial charge in [0.2, 0.25) is 0 Å². The van der Waals surface area contributed by atoms with Crippen LogP contribution < -0.4 is 10.2 Å². The topological polar surface area (TPSA) is 52.7 Å². The number of benzene rings is 2. The Balaban J connectivity index is 0.00000210. The Morgan fingerprint density at radius 2 is 1.59 bits per heavy atom. The van der Waals surface area contributed by atoms with Crippen molar-refractivity contribution in [1.29, 1.82) is 0 Å². The Morgan fingerprint density at radius 1 is 0.963 bits per heavy atom. The smallest absolute Gasteiger partial charge is 0.258 e. The summed E-state index contributed by atoms with van der Waals surface area (Å²) in [7, 11) is 1.75. The van der Waals surface area contributed by atoms with Crippen LogP contribution in [0.1, 0.15) is 20.7 Å². The molecule has 2 aromatic rings. The minimum Gasteiger partial charge on any atom is -0.338 e. The monoisotopic (exact) mass is 385 g/mol. The molecule has 2 aliphatic rings. The number of hydrogen-bond acceptors (Lipinski definition) is 3. The first-order valence-electron chi connectivity index (χ1n) is 9.06. The van der Waals surface area contributed by atoms with E-state index in [2.05, 4.69) is 5.32 Å². The highest BCUT2D eigenvalue weighted by Gasteiger charge is 2.38. The second-order valence-corrected chi connectivity index (χ2v) is 7.17. The van der Waals surface area contributed by atoms with Crippen LogP contribution in [0.15, 0.2) is 54.6 Å². The fraction of sp³-hybridized carbons (Fsp3) is 0.333. The van der Waals surface area contributed by atoms with Gasteiger partial charge in [0.25, 0.3) is 11.8 Å². The van der Waals surface area contributed by atoms with Crippen LogP contribution in [0.5, 0.6) is 0 Å². The van der Waals surface area contributed by atoms with Crippen molar-refractivity contribution in [2.45, 2.75) is 0 Å². The van der Waals surface area contributed by atoms with E-state index in [1.165, 1.54) is 0 Å². The maximum absolute atomic E-state index is 12.9. The summed E-state index contributed by atoms with van der Waals surface area (Å²) < 4.78 is 0. The SMILES string of the molecule is CN(C(=O)c1cccc(C(=O)N2C[C@H]3CNC[C@H]3C2)c1)c1ccccc1.Cl. The largest absolute Gasteiger partial charge is 0.338 e. The van der Waals surface area contributed by atoms with Gasteiger partial charge in [0.05, 0.1) is 0 Å². The lowest BCUT2D eigenvalue weighted by molar-refractivity contribution is 0.0781. The molecule has 0 unspecified atom stereocenters. The lowest BCUT2D eigenvalue weighted by Crippen LogP contribution is -2.32. The number of fused-ring (bicyclic) bond motifs is 1. The molecular weight excluding hydrogens is 362 g/mol. The zero-order chi connectivity index (χ0) is 18.1. The number of hydrogen-bond donors (Lipinski definition) is 1. The number of carbonyl (C=O) groups excluding carboxylic acids is 2. The van der Waals surface area contributed by atoms with Gasteiger partial charge >= 0.3 is 0 Å². The number of amides is 2. The Kier molecular flexibility index (Phi) is 5.82. The average Bonchev–Trinajstić information content (AvgIpc) is 3.29. The second kappa shape index (κ2) is 8.11. The maximum atomic E-state index is 12.9.